The second-order valence-corrected chi connectivity index (χ2v) is 10.1. The Balaban J connectivity index is 1.56. The van der Waals surface area contributed by atoms with Crippen molar-refractivity contribution < 1.29 is 40.7 Å². The number of imidazole rings is 1. The predicted octanol–water partition coefficient (Wildman–Crippen LogP) is 4.11. The van der Waals surface area contributed by atoms with Crippen molar-refractivity contribution in [2.24, 2.45) is 0 Å². The molecule has 5 heterocycles. The summed E-state index contributed by atoms with van der Waals surface area (Å²) >= 11 is 6.44. The summed E-state index contributed by atoms with van der Waals surface area (Å²) in [6, 6.07) is 2.03. The van der Waals surface area contributed by atoms with Gasteiger partial charge in [-0.1, -0.05) is 11.6 Å². The minimum absolute atomic E-state index is 0.0436. The molecule has 1 fully saturated rings. The van der Waals surface area contributed by atoms with Crippen LogP contribution < -0.4 is 16.0 Å². The van der Waals surface area contributed by atoms with Crippen molar-refractivity contribution in [3.8, 4) is 0 Å². The van der Waals surface area contributed by atoms with Crippen LogP contribution in [0.3, 0.4) is 0 Å². The van der Waals surface area contributed by atoms with Crippen LogP contribution in [0.4, 0.5) is 38.0 Å². The molecule has 0 bridgehead atoms. The number of carbonyl (C=O) groups is 2. The third-order valence-corrected chi connectivity index (χ3v) is 7.21. The van der Waals surface area contributed by atoms with Crippen molar-refractivity contribution in [3.63, 3.8) is 0 Å². The van der Waals surface area contributed by atoms with Gasteiger partial charge >= 0.3 is 18.3 Å². The van der Waals surface area contributed by atoms with Crippen molar-refractivity contribution in [2.45, 2.75) is 43.8 Å². The van der Waals surface area contributed by atoms with E-state index in [-0.39, 0.29) is 51.9 Å². The van der Waals surface area contributed by atoms with Gasteiger partial charge in [-0.3, -0.25) is 9.20 Å². The van der Waals surface area contributed by atoms with E-state index in [4.69, 9.17) is 17.3 Å². The van der Waals surface area contributed by atoms with E-state index in [9.17, 15) is 35.9 Å². The summed E-state index contributed by atoms with van der Waals surface area (Å²) < 4.78 is 88.7. The Kier molecular flexibility index (Phi) is 7.11. The lowest BCUT2D eigenvalue weighted by Gasteiger charge is -2.44. The van der Waals surface area contributed by atoms with Gasteiger partial charge in [0.2, 0.25) is 5.60 Å². The maximum absolute atomic E-state index is 14.3. The molecule has 224 valence electrons. The highest BCUT2D eigenvalue weighted by Crippen LogP contribution is 2.44. The maximum Gasteiger partial charge on any atom is 0.490 e. The highest BCUT2D eigenvalue weighted by atomic mass is 35.5. The van der Waals surface area contributed by atoms with Crippen LogP contribution in [0, 0.1) is 0 Å². The summed E-state index contributed by atoms with van der Waals surface area (Å²) in [5.41, 5.74) is 3.05. The number of nitrogens with one attached hydrogen (secondary N) is 1. The van der Waals surface area contributed by atoms with Gasteiger partial charge in [0.25, 0.3) is 5.91 Å². The quantitative estimate of drug-likeness (QED) is 0.252. The molecule has 0 spiro atoms. The number of rotatable bonds is 5. The lowest BCUT2D eigenvalue weighted by atomic mass is 9.91. The number of hydrogen-bond donors (Lipinski definition) is 2. The van der Waals surface area contributed by atoms with Gasteiger partial charge in [0, 0.05) is 24.5 Å². The van der Waals surface area contributed by atoms with Crippen molar-refractivity contribution in [2.75, 3.05) is 23.7 Å². The number of fused-ring (bicyclic) bond motifs is 2. The second kappa shape index (κ2) is 10.2. The molecule has 3 N–H and O–H groups in total. The number of carbonyl (C=O) groups excluding carboxylic acids is 2. The van der Waals surface area contributed by atoms with Crippen LogP contribution in [0.2, 0.25) is 5.02 Å². The molecule has 2 atom stereocenters. The van der Waals surface area contributed by atoms with Crippen LogP contribution >= 0.6 is 11.6 Å². The number of nitrogens with two attached hydrogens (primary N) is 1. The van der Waals surface area contributed by atoms with Gasteiger partial charge in [0.1, 0.15) is 17.7 Å². The van der Waals surface area contributed by atoms with E-state index in [1.807, 2.05) is 0 Å². The van der Waals surface area contributed by atoms with Crippen LogP contribution in [0.1, 0.15) is 41.7 Å². The largest absolute Gasteiger partial charge is 0.490 e. The number of amides is 1. The molecule has 18 heteroatoms. The highest BCUT2D eigenvalue weighted by Gasteiger charge is 2.62. The first kappa shape index (κ1) is 29.2. The first-order chi connectivity index (χ1) is 19.6. The molecule has 42 heavy (non-hydrogen) atoms. The fraction of sp³-hybridized carbons (Fsp3) is 0.375. The Hall–Kier alpha value is -4.28. The number of piperidine rings is 1. The highest BCUT2D eigenvalue weighted by molar-refractivity contribution is 6.34. The minimum Gasteiger partial charge on any atom is -0.441 e. The number of halogens is 7. The van der Waals surface area contributed by atoms with Gasteiger partial charge in [-0.2, -0.15) is 26.3 Å². The standard InChI is InChI=1S/C24H21ClF6N8O3/c1-12(35-19(40)16-17(32)36-39-7-3-5-34-18(16)39)13-8-14(25)15-9-33-11-38(15)20(13)37-6-2-4-22(10-37,24(29,30)31)42-21(41)23(26,27)28/h3,5,7-9,11-12H,2,4,6,10H2,1H3,(H2,32,36)(H,35,40). The Bertz CT molecular complexity index is 1690. The topological polar surface area (TPSA) is 132 Å². The van der Waals surface area contributed by atoms with Gasteiger partial charge in [-0.15, -0.1) is 5.10 Å². The molecular weight excluding hydrogens is 598 g/mol. The SMILES string of the molecule is CC(NC(=O)c1c(N)nn2cccnc12)c1cc(Cl)c2cncn2c1N1CCCC(OC(=O)C(F)(F)F)(C(F)(F)F)C1. The Labute approximate surface area is 237 Å². The summed E-state index contributed by atoms with van der Waals surface area (Å²) in [6.07, 6.45) is -6.61. The summed E-state index contributed by atoms with van der Waals surface area (Å²) in [6.45, 7) is 0.302. The van der Waals surface area contributed by atoms with Crippen LogP contribution in [0.15, 0.2) is 37.1 Å². The predicted molar refractivity (Wildman–Crippen MR) is 136 cm³/mol. The molecule has 2 unspecified atom stereocenters. The molecule has 4 aromatic rings. The van der Waals surface area contributed by atoms with Crippen molar-refractivity contribution in [1.82, 2.24) is 29.3 Å². The van der Waals surface area contributed by atoms with E-state index in [0.29, 0.717) is 0 Å². The molecule has 0 aromatic carbocycles. The van der Waals surface area contributed by atoms with E-state index in [1.165, 1.54) is 46.8 Å². The zero-order valence-corrected chi connectivity index (χ0v) is 22.3. The molecule has 11 nitrogen and oxygen atoms in total. The molecule has 1 amide bonds. The molecule has 1 saturated heterocycles. The van der Waals surface area contributed by atoms with Crippen LogP contribution in [-0.2, 0) is 9.53 Å². The van der Waals surface area contributed by atoms with Gasteiger partial charge < -0.3 is 20.7 Å². The summed E-state index contributed by atoms with van der Waals surface area (Å²) in [5, 5.41) is 6.88. The fourth-order valence-corrected chi connectivity index (χ4v) is 5.24. The number of aromatic nitrogens is 5. The van der Waals surface area contributed by atoms with Gasteiger partial charge in [0.15, 0.2) is 11.5 Å². The third-order valence-electron chi connectivity index (χ3n) is 6.91. The Morgan fingerprint density at radius 3 is 2.67 bits per heavy atom. The lowest BCUT2D eigenvalue weighted by Crippen LogP contribution is -2.61. The maximum atomic E-state index is 14.3. The second-order valence-electron chi connectivity index (χ2n) is 9.67. The molecule has 0 aliphatic carbocycles. The van der Waals surface area contributed by atoms with Gasteiger partial charge in [-0.05, 0) is 31.9 Å². The molecule has 0 saturated carbocycles. The first-order valence-corrected chi connectivity index (χ1v) is 12.7. The molecule has 1 aliphatic rings. The number of nitrogens with zero attached hydrogens (tertiary/aromatic N) is 6. The Morgan fingerprint density at radius 1 is 1.24 bits per heavy atom. The van der Waals surface area contributed by atoms with E-state index >= 15 is 0 Å². The number of pyridine rings is 1. The molecule has 1 aliphatic heterocycles. The fourth-order valence-electron chi connectivity index (χ4n) is 4.99. The number of esters is 1. The normalized spacial score (nSPS) is 18.8. The average Bonchev–Trinajstić information content (AvgIpc) is 3.52. The molecule has 5 rings (SSSR count). The summed E-state index contributed by atoms with van der Waals surface area (Å²) in [5.74, 6) is -3.74. The van der Waals surface area contributed by atoms with Crippen LogP contribution in [0.5, 0.6) is 0 Å². The van der Waals surface area contributed by atoms with Crippen molar-refractivity contribution >= 4 is 46.3 Å². The Morgan fingerprint density at radius 2 is 1.98 bits per heavy atom. The smallest absolute Gasteiger partial charge is 0.441 e. The lowest BCUT2D eigenvalue weighted by molar-refractivity contribution is -0.286. The zero-order valence-electron chi connectivity index (χ0n) is 21.5. The number of anilines is 2. The number of alkyl halides is 6. The number of hydrogen-bond acceptors (Lipinski definition) is 8. The van der Waals surface area contributed by atoms with E-state index in [2.05, 4.69) is 25.1 Å². The van der Waals surface area contributed by atoms with Crippen molar-refractivity contribution in [1.29, 1.82) is 0 Å². The molecule has 4 aromatic heterocycles. The van der Waals surface area contributed by atoms with Crippen LogP contribution in [-0.4, -0.2) is 66.9 Å². The zero-order chi connectivity index (χ0) is 30.6. The van der Waals surface area contributed by atoms with Gasteiger partial charge in [0.05, 0.1) is 29.3 Å². The van der Waals surface area contributed by atoms with E-state index < -0.39 is 48.8 Å². The molecular formula is C24H21ClF6N8O3. The first-order valence-electron chi connectivity index (χ1n) is 12.3. The van der Waals surface area contributed by atoms with E-state index in [0.717, 1.165) is 4.90 Å². The van der Waals surface area contributed by atoms with Crippen molar-refractivity contribution in [3.05, 3.63) is 53.2 Å². The third kappa shape index (κ3) is 5.01. The van der Waals surface area contributed by atoms with E-state index in [1.54, 1.807) is 6.07 Å². The number of nitrogen functional groups attached to an aromatic ring is 1. The number of ether oxygens (including phenoxy) is 1. The van der Waals surface area contributed by atoms with Gasteiger partial charge in [-0.25, -0.2) is 19.3 Å². The summed E-state index contributed by atoms with van der Waals surface area (Å²) in [7, 11) is 0. The monoisotopic (exact) mass is 618 g/mol. The average molecular weight is 619 g/mol. The van der Waals surface area contributed by atoms with Crippen LogP contribution in [0.25, 0.3) is 11.2 Å². The summed E-state index contributed by atoms with van der Waals surface area (Å²) in [4.78, 5) is 34.2. The minimum atomic E-state index is -5.64. The molecule has 0 radical (unpaired) electrons.